The molecule has 0 bridgehead atoms. The average Bonchev–Trinajstić information content (AvgIpc) is 2.53. The maximum atomic E-state index is 11.3. The molecule has 1 saturated carbocycles. The summed E-state index contributed by atoms with van der Waals surface area (Å²) in [6.45, 7) is 0.649. The molecule has 0 saturated heterocycles. The van der Waals surface area contributed by atoms with Crippen molar-refractivity contribution in [2.24, 2.45) is 11.7 Å². The van der Waals surface area contributed by atoms with E-state index in [1.165, 1.54) is 25.7 Å². The number of carbonyl (C=O) groups excluding carboxylic acids is 1. The van der Waals surface area contributed by atoms with Crippen molar-refractivity contribution in [2.75, 3.05) is 6.54 Å². The largest absolute Gasteiger partial charge is 0.330 e. The molecule has 0 amide bonds. The van der Waals surface area contributed by atoms with Gasteiger partial charge in [0.25, 0.3) is 0 Å². The van der Waals surface area contributed by atoms with Gasteiger partial charge in [0.15, 0.2) is 0 Å². The minimum absolute atomic E-state index is 0.423. The molecule has 0 atom stereocenters. The van der Waals surface area contributed by atoms with Gasteiger partial charge in [-0.1, -0.05) is 25.7 Å². The van der Waals surface area contributed by atoms with Gasteiger partial charge in [0.2, 0.25) is 0 Å². The third kappa shape index (κ3) is 3.35. The number of hydrogen-bond acceptors (Lipinski definition) is 2. The Morgan fingerprint density at radius 1 is 1.33 bits per heavy atom. The van der Waals surface area contributed by atoms with Crippen molar-refractivity contribution in [1.82, 2.24) is 0 Å². The number of rotatable bonds is 5. The van der Waals surface area contributed by atoms with E-state index in [-0.39, 0.29) is 0 Å². The highest BCUT2D eigenvalue weighted by Crippen LogP contribution is 2.27. The summed E-state index contributed by atoms with van der Waals surface area (Å²) in [7, 11) is 0. The summed E-state index contributed by atoms with van der Waals surface area (Å²) < 4.78 is 0. The third-order valence-electron chi connectivity index (χ3n) is 2.65. The summed E-state index contributed by atoms with van der Waals surface area (Å²) in [5.41, 5.74) is 5.33. The number of ketones is 1. The van der Waals surface area contributed by atoms with Gasteiger partial charge in [-0.25, -0.2) is 0 Å². The van der Waals surface area contributed by atoms with Gasteiger partial charge in [-0.15, -0.1) is 0 Å². The quantitative estimate of drug-likeness (QED) is 0.682. The fourth-order valence-corrected chi connectivity index (χ4v) is 1.94. The second-order valence-corrected chi connectivity index (χ2v) is 3.79. The van der Waals surface area contributed by atoms with Crippen LogP contribution in [0.2, 0.25) is 0 Å². The standard InChI is InChI=1S/C10H19NO/c11-7-3-6-10(12)8-9-4-1-2-5-9/h9H,1-8,11H2. The molecule has 0 radical (unpaired) electrons. The van der Waals surface area contributed by atoms with Crippen molar-refractivity contribution in [3.05, 3.63) is 0 Å². The predicted octanol–water partition coefficient (Wildman–Crippen LogP) is 1.87. The number of Topliss-reactive ketones (excluding diaryl/α,β-unsaturated/α-hetero) is 1. The molecule has 1 aliphatic carbocycles. The smallest absolute Gasteiger partial charge is 0.133 e. The molecule has 1 aliphatic rings. The maximum Gasteiger partial charge on any atom is 0.133 e. The summed E-state index contributed by atoms with van der Waals surface area (Å²) in [5, 5.41) is 0. The molecule has 0 aliphatic heterocycles. The Morgan fingerprint density at radius 2 is 2.00 bits per heavy atom. The number of carbonyl (C=O) groups is 1. The Kier molecular flexibility index (Phi) is 4.30. The fraction of sp³-hybridized carbons (Fsp3) is 0.900. The summed E-state index contributed by atoms with van der Waals surface area (Å²) in [6.07, 6.45) is 7.59. The molecule has 0 heterocycles. The molecule has 2 N–H and O–H groups in total. The van der Waals surface area contributed by atoms with E-state index >= 15 is 0 Å². The summed E-state index contributed by atoms with van der Waals surface area (Å²) in [4.78, 5) is 11.3. The van der Waals surface area contributed by atoms with Crippen molar-refractivity contribution < 1.29 is 4.79 Å². The monoisotopic (exact) mass is 169 g/mol. The van der Waals surface area contributed by atoms with Crippen LogP contribution in [0.5, 0.6) is 0 Å². The molecule has 1 fully saturated rings. The molecular formula is C10H19NO. The van der Waals surface area contributed by atoms with Crippen molar-refractivity contribution in [2.45, 2.75) is 44.9 Å². The fourth-order valence-electron chi connectivity index (χ4n) is 1.94. The lowest BCUT2D eigenvalue weighted by Crippen LogP contribution is -2.08. The molecule has 0 aromatic heterocycles. The Labute approximate surface area is 74.5 Å². The Hall–Kier alpha value is -0.370. The average molecular weight is 169 g/mol. The Morgan fingerprint density at radius 3 is 2.58 bits per heavy atom. The highest BCUT2D eigenvalue weighted by molar-refractivity contribution is 5.78. The molecule has 2 heteroatoms. The predicted molar refractivity (Wildman–Crippen MR) is 49.9 cm³/mol. The topological polar surface area (TPSA) is 43.1 Å². The van der Waals surface area contributed by atoms with Crippen LogP contribution >= 0.6 is 0 Å². The van der Waals surface area contributed by atoms with E-state index in [1.54, 1.807) is 0 Å². The molecule has 0 aromatic rings. The Balaban J connectivity index is 2.08. The van der Waals surface area contributed by atoms with Crippen molar-refractivity contribution in [1.29, 1.82) is 0 Å². The van der Waals surface area contributed by atoms with Gasteiger partial charge in [-0.3, -0.25) is 4.79 Å². The van der Waals surface area contributed by atoms with Crippen LogP contribution in [0.3, 0.4) is 0 Å². The Bertz CT molecular complexity index is 139. The van der Waals surface area contributed by atoms with E-state index < -0.39 is 0 Å². The van der Waals surface area contributed by atoms with Gasteiger partial charge in [0, 0.05) is 12.8 Å². The molecule has 1 rings (SSSR count). The zero-order valence-corrected chi connectivity index (χ0v) is 7.72. The van der Waals surface area contributed by atoms with Gasteiger partial charge >= 0.3 is 0 Å². The molecule has 0 unspecified atom stereocenters. The lowest BCUT2D eigenvalue weighted by molar-refractivity contribution is -0.120. The van der Waals surface area contributed by atoms with Gasteiger partial charge in [-0.2, -0.15) is 0 Å². The van der Waals surface area contributed by atoms with E-state index in [9.17, 15) is 4.79 Å². The van der Waals surface area contributed by atoms with Crippen LogP contribution in [0.25, 0.3) is 0 Å². The van der Waals surface area contributed by atoms with E-state index in [1.807, 2.05) is 0 Å². The number of hydrogen-bond donors (Lipinski definition) is 1. The van der Waals surface area contributed by atoms with Gasteiger partial charge < -0.3 is 5.73 Å². The van der Waals surface area contributed by atoms with Gasteiger partial charge in [0.05, 0.1) is 0 Å². The van der Waals surface area contributed by atoms with E-state index in [0.29, 0.717) is 24.7 Å². The molecule has 0 aromatic carbocycles. The highest BCUT2D eigenvalue weighted by Gasteiger charge is 2.17. The van der Waals surface area contributed by atoms with Crippen LogP contribution in [0, 0.1) is 5.92 Å². The van der Waals surface area contributed by atoms with Crippen molar-refractivity contribution in [3.63, 3.8) is 0 Å². The highest BCUT2D eigenvalue weighted by atomic mass is 16.1. The van der Waals surface area contributed by atoms with Gasteiger partial charge in [-0.05, 0) is 18.9 Å². The third-order valence-corrected chi connectivity index (χ3v) is 2.65. The molecule has 70 valence electrons. The second-order valence-electron chi connectivity index (χ2n) is 3.79. The molecule has 12 heavy (non-hydrogen) atoms. The first-order chi connectivity index (χ1) is 5.83. The minimum atomic E-state index is 0.423. The summed E-state index contributed by atoms with van der Waals surface area (Å²) in [6, 6.07) is 0. The SMILES string of the molecule is NCCCC(=O)CC1CCCC1. The van der Waals surface area contributed by atoms with Crippen LogP contribution in [0.4, 0.5) is 0 Å². The minimum Gasteiger partial charge on any atom is -0.330 e. The summed E-state index contributed by atoms with van der Waals surface area (Å²) in [5.74, 6) is 1.13. The molecular weight excluding hydrogens is 150 g/mol. The van der Waals surface area contributed by atoms with Crippen molar-refractivity contribution >= 4 is 5.78 Å². The van der Waals surface area contributed by atoms with E-state index in [0.717, 1.165) is 12.8 Å². The lowest BCUT2D eigenvalue weighted by atomic mass is 9.99. The first-order valence-electron chi connectivity index (χ1n) is 5.04. The first kappa shape index (κ1) is 9.72. The lowest BCUT2D eigenvalue weighted by Gasteiger charge is -2.06. The molecule has 0 spiro atoms. The van der Waals surface area contributed by atoms with Crippen LogP contribution in [0.1, 0.15) is 44.9 Å². The van der Waals surface area contributed by atoms with Crippen LogP contribution < -0.4 is 5.73 Å². The zero-order chi connectivity index (χ0) is 8.81. The van der Waals surface area contributed by atoms with Crippen LogP contribution in [-0.2, 0) is 4.79 Å². The van der Waals surface area contributed by atoms with Crippen LogP contribution in [0.15, 0.2) is 0 Å². The van der Waals surface area contributed by atoms with Crippen LogP contribution in [-0.4, -0.2) is 12.3 Å². The van der Waals surface area contributed by atoms with E-state index in [2.05, 4.69) is 0 Å². The molecule has 2 nitrogen and oxygen atoms in total. The maximum absolute atomic E-state index is 11.3. The normalized spacial score (nSPS) is 18.4. The first-order valence-corrected chi connectivity index (χ1v) is 5.04. The van der Waals surface area contributed by atoms with E-state index in [4.69, 9.17) is 5.73 Å². The van der Waals surface area contributed by atoms with Gasteiger partial charge in [0.1, 0.15) is 5.78 Å². The zero-order valence-electron chi connectivity index (χ0n) is 7.72. The number of nitrogens with two attached hydrogens (primary N) is 1. The summed E-state index contributed by atoms with van der Waals surface area (Å²) >= 11 is 0. The van der Waals surface area contributed by atoms with Crippen molar-refractivity contribution in [3.8, 4) is 0 Å². The second kappa shape index (κ2) is 5.31.